The number of hydrogen-bond donors (Lipinski definition) is 2. The molecule has 134 valence electrons. The number of nitrogens with zero attached hydrogens (tertiary/aromatic N) is 4. The van der Waals surface area contributed by atoms with Crippen LogP contribution in [0.25, 0.3) is 11.2 Å². The fourth-order valence-corrected chi connectivity index (χ4v) is 2.84. The number of fused-ring (bicyclic) bond motifs is 1. The van der Waals surface area contributed by atoms with Crippen LogP contribution in [0.15, 0.2) is 30.5 Å². The number of hydrogen-bond acceptors (Lipinski definition) is 8. The Kier molecular flexibility index (Phi) is 4.92. The van der Waals surface area contributed by atoms with Crippen molar-refractivity contribution >= 4 is 28.9 Å². The lowest BCUT2D eigenvalue weighted by molar-refractivity contribution is 0.0600. The number of carbonyl (C=O) groups excluding carboxylic acids is 1. The van der Waals surface area contributed by atoms with Crippen LogP contribution in [-0.4, -0.2) is 33.0 Å². The summed E-state index contributed by atoms with van der Waals surface area (Å²) < 4.78 is 4.73. The SMILES string of the molecule is CCC(Cc1cnc2nc(N)nc(N)c2n1)c1ccc(C(=O)OC)cc1. The highest BCUT2D eigenvalue weighted by atomic mass is 16.5. The van der Waals surface area contributed by atoms with E-state index in [2.05, 4.69) is 26.9 Å². The lowest BCUT2D eigenvalue weighted by atomic mass is 9.91. The van der Waals surface area contributed by atoms with Gasteiger partial charge in [0.05, 0.1) is 24.6 Å². The average molecular weight is 352 g/mol. The van der Waals surface area contributed by atoms with Gasteiger partial charge in [-0.2, -0.15) is 9.97 Å². The van der Waals surface area contributed by atoms with Gasteiger partial charge in [0.2, 0.25) is 5.95 Å². The molecule has 0 aliphatic rings. The monoisotopic (exact) mass is 352 g/mol. The summed E-state index contributed by atoms with van der Waals surface area (Å²) in [6.07, 6.45) is 3.27. The van der Waals surface area contributed by atoms with E-state index in [1.165, 1.54) is 7.11 Å². The predicted molar refractivity (Wildman–Crippen MR) is 98.5 cm³/mol. The van der Waals surface area contributed by atoms with E-state index in [1.54, 1.807) is 18.3 Å². The first kappa shape index (κ1) is 17.5. The standard InChI is InChI=1S/C18H20N6O2/c1-3-10(11-4-6-12(7-5-11)17(25)26-2)8-13-9-21-16-14(22-13)15(19)23-18(20)24-16/h4-7,9-10H,3,8H2,1-2H3,(H4,19,20,21,23,24). The van der Waals surface area contributed by atoms with Crippen LogP contribution in [0.4, 0.5) is 11.8 Å². The zero-order valence-electron chi connectivity index (χ0n) is 14.6. The molecule has 0 bridgehead atoms. The Hall–Kier alpha value is -3.29. The van der Waals surface area contributed by atoms with E-state index in [0.717, 1.165) is 17.7 Å². The van der Waals surface area contributed by atoms with Crippen LogP contribution in [0.5, 0.6) is 0 Å². The van der Waals surface area contributed by atoms with Gasteiger partial charge in [-0.25, -0.2) is 14.8 Å². The van der Waals surface area contributed by atoms with Crippen LogP contribution >= 0.6 is 0 Å². The van der Waals surface area contributed by atoms with Crippen LogP contribution in [0.3, 0.4) is 0 Å². The molecular weight excluding hydrogens is 332 g/mol. The summed E-state index contributed by atoms with van der Waals surface area (Å²) in [5, 5.41) is 0. The molecule has 0 aliphatic carbocycles. The smallest absolute Gasteiger partial charge is 0.337 e. The molecule has 26 heavy (non-hydrogen) atoms. The second-order valence-corrected chi connectivity index (χ2v) is 5.92. The number of anilines is 2. The minimum atomic E-state index is -0.347. The van der Waals surface area contributed by atoms with Crippen molar-refractivity contribution in [1.82, 2.24) is 19.9 Å². The number of aromatic nitrogens is 4. The van der Waals surface area contributed by atoms with Crippen molar-refractivity contribution in [2.24, 2.45) is 0 Å². The number of nitrogens with two attached hydrogens (primary N) is 2. The number of methoxy groups -OCH3 is 1. The van der Waals surface area contributed by atoms with Crippen molar-refractivity contribution in [2.45, 2.75) is 25.7 Å². The van der Waals surface area contributed by atoms with Crippen LogP contribution in [0.2, 0.25) is 0 Å². The van der Waals surface area contributed by atoms with Crippen molar-refractivity contribution in [3.8, 4) is 0 Å². The zero-order valence-corrected chi connectivity index (χ0v) is 14.6. The molecule has 0 fully saturated rings. The number of rotatable bonds is 5. The van der Waals surface area contributed by atoms with E-state index in [1.807, 2.05) is 12.1 Å². The normalized spacial score (nSPS) is 12.1. The van der Waals surface area contributed by atoms with Gasteiger partial charge >= 0.3 is 5.97 Å². The topological polar surface area (TPSA) is 130 Å². The van der Waals surface area contributed by atoms with E-state index in [4.69, 9.17) is 16.2 Å². The maximum atomic E-state index is 11.6. The summed E-state index contributed by atoms with van der Waals surface area (Å²) in [7, 11) is 1.37. The lowest BCUT2D eigenvalue weighted by Gasteiger charge is -2.15. The molecule has 8 heteroatoms. The van der Waals surface area contributed by atoms with Gasteiger partial charge in [0.15, 0.2) is 17.0 Å². The molecule has 1 aromatic carbocycles. The van der Waals surface area contributed by atoms with Crippen molar-refractivity contribution in [3.05, 3.63) is 47.3 Å². The van der Waals surface area contributed by atoms with E-state index in [0.29, 0.717) is 23.1 Å². The Morgan fingerprint density at radius 1 is 1.15 bits per heavy atom. The molecule has 0 saturated carbocycles. The first-order chi connectivity index (χ1) is 12.5. The van der Waals surface area contributed by atoms with Gasteiger partial charge in [-0.1, -0.05) is 19.1 Å². The van der Waals surface area contributed by atoms with Gasteiger partial charge in [0.25, 0.3) is 0 Å². The van der Waals surface area contributed by atoms with Gasteiger partial charge in [0, 0.05) is 0 Å². The van der Waals surface area contributed by atoms with Gasteiger partial charge in [0.1, 0.15) is 0 Å². The highest BCUT2D eigenvalue weighted by Gasteiger charge is 2.15. The largest absolute Gasteiger partial charge is 0.465 e. The molecule has 1 atom stereocenters. The third-order valence-corrected chi connectivity index (χ3v) is 4.25. The Morgan fingerprint density at radius 3 is 2.54 bits per heavy atom. The van der Waals surface area contributed by atoms with Gasteiger partial charge < -0.3 is 16.2 Å². The van der Waals surface area contributed by atoms with Gasteiger partial charge in [-0.15, -0.1) is 0 Å². The Balaban J connectivity index is 1.86. The van der Waals surface area contributed by atoms with Crippen LogP contribution < -0.4 is 11.5 Å². The Bertz CT molecular complexity index is 942. The summed E-state index contributed by atoms with van der Waals surface area (Å²) in [5.41, 5.74) is 14.7. The molecule has 3 rings (SSSR count). The number of nitrogen functional groups attached to an aromatic ring is 2. The third kappa shape index (κ3) is 3.53. The number of ether oxygens (including phenoxy) is 1. The number of esters is 1. The first-order valence-corrected chi connectivity index (χ1v) is 8.24. The molecular formula is C18H20N6O2. The fourth-order valence-electron chi connectivity index (χ4n) is 2.84. The van der Waals surface area contributed by atoms with E-state index >= 15 is 0 Å². The molecule has 0 radical (unpaired) electrons. The minimum absolute atomic E-state index is 0.0779. The molecule has 0 saturated heterocycles. The zero-order chi connectivity index (χ0) is 18.7. The molecule has 4 N–H and O–H groups in total. The van der Waals surface area contributed by atoms with E-state index in [9.17, 15) is 4.79 Å². The van der Waals surface area contributed by atoms with Gasteiger partial charge in [-0.3, -0.25) is 0 Å². The van der Waals surface area contributed by atoms with Crippen LogP contribution in [-0.2, 0) is 11.2 Å². The second kappa shape index (κ2) is 7.30. The highest BCUT2D eigenvalue weighted by molar-refractivity contribution is 5.89. The summed E-state index contributed by atoms with van der Waals surface area (Å²) in [6.45, 7) is 2.10. The summed E-state index contributed by atoms with van der Waals surface area (Å²) in [5.74, 6) is 0.177. The van der Waals surface area contributed by atoms with Gasteiger partial charge in [-0.05, 0) is 36.5 Å². The van der Waals surface area contributed by atoms with E-state index in [-0.39, 0.29) is 23.7 Å². The molecule has 0 spiro atoms. The second-order valence-electron chi connectivity index (χ2n) is 5.92. The first-order valence-electron chi connectivity index (χ1n) is 8.24. The summed E-state index contributed by atoms with van der Waals surface area (Å²) >= 11 is 0. The molecule has 0 aliphatic heterocycles. The van der Waals surface area contributed by atoms with Crippen molar-refractivity contribution < 1.29 is 9.53 Å². The van der Waals surface area contributed by atoms with Crippen LogP contribution in [0.1, 0.15) is 40.9 Å². The molecule has 1 unspecified atom stereocenters. The van der Waals surface area contributed by atoms with E-state index < -0.39 is 0 Å². The molecule has 3 aromatic rings. The van der Waals surface area contributed by atoms with Crippen molar-refractivity contribution in [1.29, 1.82) is 0 Å². The average Bonchev–Trinajstić information content (AvgIpc) is 2.66. The number of benzene rings is 1. The third-order valence-electron chi connectivity index (χ3n) is 4.25. The number of carbonyl (C=O) groups is 1. The Labute approximate surface area is 150 Å². The molecule has 0 amide bonds. The van der Waals surface area contributed by atoms with Crippen LogP contribution in [0, 0.1) is 0 Å². The molecule has 8 nitrogen and oxygen atoms in total. The quantitative estimate of drug-likeness (QED) is 0.668. The van der Waals surface area contributed by atoms with Crippen molar-refractivity contribution in [3.63, 3.8) is 0 Å². The minimum Gasteiger partial charge on any atom is -0.465 e. The Morgan fingerprint density at radius 2 is 1.88 bits per heavy atom. The van der Waals surface area contributed by atoms with Crippen molar-refractivity contribution in [2.75, 3.05) is 18.6 Å². The predicted octanol–water partition coefficient (Wildman–Crippen LogP) is 2.11. The lowest BCUT2D eigenvalue weighted by Crippen LogP contribution is -2.08. The molecule has 2 heterocycles. The summed E-state index contributed by atoms with van der Waals surface area (Å²) in [6, 6.07) is 7.41. The fraction of sp³-hybridized carbons (Fsp3) is 0.278. The maximum absolute atomic E-state index is 11.6. The maximum Gasteiger partial charge on any atom is 0.337 e. The highest BCUT2D eigenvalue weighted by Crippen LogP contribution is 2.25. The molecule has 2 aromatic heterocycles. The summed E-state index contributed by atoms with van der Waals surface area (Å²) in [4.78, 5) is 28.4.